The van der Waals surface area contributed by atoms with Crippen molar-refractivity contribution in [1.82, 2.24) is 0 Å². The highest BCUT2D eigenvalue weighted by Crippen LogP contribution is 2.12. The monoisotopic (exact) mass is 600 g/mol. The van der Waals surface area contributed by atoms with Gasteiger partial charge < -0.3 is 19.7 Å². The predicted molar refractivity (Wildman–Crippen MR) is 179 cm³/mol. The van der Waals surface area contributed by atoms with Crippen LogP contribution >= 0.6 is 0 Å². The summed E-state index contributed by atoms with van der Waals surface area (Å²) < 4.78 is 10.4. The molecule has 0 aliphatic heterocycles. The molecule has 0 saturated carbocycles. The maximum atomic E-state index is 12.0. The van der Waals surface area contributed by atoms with Gasteiger partial charge in [0.1, 0.15) is 6.61 Å². The quantitative estimate of drug-likeness (QED) is 0.0424. The molecule has 0 saturated heterocycles. The molecule has 0 aromatic heterocycles. The van der Waals surface area contributed by atoms with Crippen LogP contribution in [-0.4, -0.2) is 47.6 Å². The molecule has 0 bridgehead atoms. The number of esters is 2. The van der Waals surface area contributed by atoms with Crippen molar-refractivity contribution in [1.29, 1.82) is 0 Å². The van der Waals surface area contributed by atoms with Gasteiger partial charge in [0.25, 0.3) is 0 Å². The van der Waals surface area contributed by atoms with Gasteiger partial charge in [-0.25, -0.2) is 0 Å². The third-order valence-electron chi connectivity index (χ3n) is 6.56. The highest BCUT2D eigenvalue weighted by atomic mass is 16.6. The number of aliphatic hydroxyl groups is 2. The number of aliphatic hydroxyl groups excluding tert-OH is 2. The van der Waals surface area contributed by atoms with E-state index >= 15 is 0 Å². The van der Waals surface area contributed by atoms with Crippen molar-refractivity contribution < 1.29 is 29.3 Å². The van der Waals surface area contributed by atoms with Gasteiger partial charge in [0.15, 0.2) is 6.10 Å². The van der Waals surface area contributed by atoms with Gasteiger partial charge in [-0.3, -0.25) is 9.59 Å². The van der Waals surface area contributed by atoms with E-state index in [0.29, 0.717) is 6.42 Å². The van der Waals surface area contributed by atoms with E-state index in [2.05, 4.69) is 69.4 Å². The van der Waals surface area contributed by atoms with E-state index < -0.39 is 24.8 Å². The van der Waals surface area contributed by atoms with Gasteiger partial charge in [-0.1, -0.05) is 132 Å². The first-order valence-corrected chi connectivity index (χ1v) is 16.5. The van der Waals surface area contributed by atoms with Gasteiger partial charge in [0.2, 0.25) is 0 Å². The number of allylic oxidation sites excluding steroid dienone is 11. The van der Waals surface area contributed by atoms with Crippen LogP contribution in [-0.2, 0) is 19.1 Å². The highest BCUT2D eigenvalue weighted by molar-refractivity contribution is 5.70. The Labute approximate surface area is 262 Å². The number of hydrogen-bond donors (Lipinski definition) is 2. The SMILES string of the molecule is CC/C=C\C/C=C\C/C=C\C/C=C\C/C=C\C=C/C(O)CCC(=O)OC[C@H](CO)OC(=O)CCCCCCCCC(C)C. The van der Waals surface area contributed by atoms with Crippen LogP contribution in [0.4, 0.5) is 0 Å². The average molecular weight is 601 g/mol. The summed E-state index contributed by atoms with van der Waals surface area (Å²) in [6.07, 6.45) is 36.0. The lowest BCUT2D eigenvalue weighted by atomic mass is 10.0. The van der Waals surface area contributed by atoms with Crippen LogP contribution < -0.4 is 0 Å². The predicted octanol–water partition coefficient (Wildman–Crippen LogP) is 8.66. The van der Waals surface area contributed by atoms with Crippen LogP contribution in [0.1, 0.15) is 117 Å². The Bertz CT molecular complexity index is 849. The highest BCUT2D eigenvalue weighted by Gasteiger charge is 2.16. The van der Waals surface area contributed by atoms with E-state index in [4.69, 9.17) is 9.47 Å². The molecule has 0 aromatic rings. The zero-order chi connectivity index (χ0) is 31.8. The molecule has 1 unspecified atom stereocenters. The summed E-state index contributed by atoms with van der Waals surface area (Å²) in [5, 5.41) is 19.5. The summed E-state index contributed by atoms with van der Waals surface area (Å²) in [5.74, 6) is -0.136. The minimum absolute atomic E-state index is 0.0282. The second-order valence-electron chi connectivity index (χ2n) is 11.2. The van der Waals surface area contributed by atoms with Gasteiger partial charge in [-0.2, -0.15) is 0 Å². The molecule has 0 aliphatic rings. The molecule has 0 fully saturated rings. The van der Waals surface area contributed by atoms with Gasteiger partial charge in [0.05, 0.1) is 12.7 Å². The van der Waals surface area contributed by atoms with Crippen molar-refractivity contribution in [3.05, 3.63) is 72.9 Å². The molecule has 0 spiro atoms. The summed E-state index contributed by atoms with van der Waals surface area (Å²) in [7, 11) is 0. The summed E-state index contributed by atoms with van der Waals surface area (Å²) >= 11 is 0. The van der Waals surface area contributed by atoms with E-state index in [0.717, 1.165) is 57.3 Å². The molecule has 0 aromatic carbocycles. The van der Waals surface area contributed by atoms with Crippen LogP contribution in [0.15, 0.2) is 72.9 Å². The molecule has 43 heavy (non-hydrogen) atoms. The van der Waals surface area contributed by atoms with E-state index in [9.17, 15) is 19.8 Å². The van der Waals surface area contributed by atoms with Crippen LogP contribution in [0.2, 0.25) is 0 Å². The number of carbonyl (C=O) groups is 2. The number of ether oxygens (including phenoxy) is 2. The Morgan fingerprint density at radius 3 is 1.81 bits per heavy atom. The molecule has 0 heterocycles. The first-order valence-electron chi connectivity index (χ1n) is 16.5. The average Bonchev–Trinajstić information content (AvgIpc) is 2.99. The Hall–Kier alpha value is -2.70. The molecule has 0 amide bonds. The van der Waals surface area contributed by atoms with Crippen LogP contribution in [0.5, 0.6) is 0 Å². The van der Waals surface area contributed by atoms with E-state index in [1.807, 2.05) is 12.2 Å². The fraction of sp³-hybridized carbons (Fsp3) is 0.622. The van der Waals surface area contributed by atoms with Crippen molar-refractivity contribution in [2.75, 3.05) is 13.2 Å². The molecule has 0 aliphatic carbocycles. The zero-order valence-corrected chi connectivity index (χ0v) is 27.2. The minimum atomic E-state index is -0.868. The van der Waals surface area contributed by atoms with Crippen LogP contribution in [0.3, 0.4) is 0 Å². The largest absolute Gasteiger partial charge is 0.462 e. The second kappa shape index (κ2) is 30.7. The molecule has 6 heteroatoms. The number of hydrogen-bond acceptors (Lipinski definition) is 6. The van der Waals surface area contributed by atoms with Crippen molar-refractivity contribution >= 4 is 11.9 Å². The molecular formula is C37H60O6. The Kier molecular flexibility index (Phi) is 28.8. The first kappa shape index (κ1) is 40.3. The number of rotatable bonds is 27. The van der Waals surface area contributed by atoms with Crippen molar-refractivity contribution in [3.8, 4) is 0 Å². The zero-order valence-electron chi connectivity index (χ0n) is 27.2. The standard InChI is InChI=1S/C37H60O6/c1-4-5-6-7-8-9-10-11-12-13-14-15-16-17-21-24-27-34(39)29-30-36(40)42-32-35(31-38)43-37(41)28-25-22-19-18-20-23-26-33(2)3/h5-6,8-9,11-12,14-15,17,21,24,27,33-35,38-39H,4,7,10,13,16,18-20,22-23,25-26,28-32H2,1-3H3/b6-5-,9-8-,12-11-,15-14-,21-17-,27-24-/t34?,35-/m0/s1. The van der Waals surface area contributed by atoms with Crippen molar-refractivity contribution in [2.45, 2.75) is 129 Å². The molecule has 244 valence electrons. The Morgan fingerprint density at radius 1 is 0.674 bits per heavy atom. The molecule has 6 nitrogen and oxygen atoms in total. The molecule has 2 N–H and O–H groups in total. The summed E-state index contributed by atoms with van der Waals surface area (Å²) in [6, 6.07) is 0. The van der Waals surface area contributed by atoms with Crippen LogP contribution in [0.25, 0.3) is 0 Å². The molecule has 0 radical (unpaired) electrons. The number of unbranched alkanes of at least 4 members (excludes halogenated alkanes) is 5. The van der Waals surface area contributed by atoms with E-state index in [-0.39, 0.29) is 25.4 Å². The normalized spacial score (nSPS) is 14.0. The molecular weight excluding hydrogens is 540 g/mol. The minimum Gasteiger partial charge on any atom is -0.462 e. The lowest BCUT2D eigenvalue weighted by Crippen LogP contribution is -2.28. The first-order chi connectivity index (χ1) is 20.9. The van der Waals surface area contributed by atoms with Gasteiger partial charge >= 0.3 is 11.9 Å². The fourth-order valence-corrected chi connectivity index (χ4v) is 4.02. The lowest BCUT2D eigenvalue weighted by molar-refractivity contribution is -0.161. The Balaban J connectivity index is 3.92. The topological polar surface area (TPSA) is 93.1 Å². The maximum Gasteiger partial charge on any atom is 0.306 e. The maximum absolute atomic E-state index is 12.0. The third kappa shape index (κ3) is 30.6. The second-order valence-corrected chi connectivity index (χ2v) is 11.2. The van der Waals surface area contributed by atoms with Crippen molar-refractivity contribution in [3.63, 3.8) is 0 Å². The van der Waals surface area contributed by atoms with Crippen LogP contribution in [0, 0.1) is 5.92 Å². The summed E-state index contributed by atoms with van der Waals surface area (Å²) in [5.41, 5.74) is 0. The smallest absolute Gasteiger partial charge is 0.306 e. The molecule has 0 rings (SSSR count). The number of carbonyl (C=O) groups excluding carboxylic acids is 2. The van der Waals surface area contributed by atoms with Crippen molar-refractivity contribution in [2.24, 2.45) is 5.92 Å². The van der Waals surface area contributed by atoms with Gasteiger partial charge in [0, 0.05) is 12.8 Å². The van der Waals surface area contributed by atoms with Gasteiger partial charge in [-0.05, 0) is 50.9 Å². The van der Waals surface area contributed by atoms with E-state index in [1.165, 1.54) is 25.7 Å². The third-order valence-corrected chi connectivity index (χ3v) is 6.56. The fourth-order valence-electron chi connectivity index (χ4n) is 4.02. The van der Waals surface area contributed by atoms with Gasteiger partial charge in [-0.15, -0.1) is 0 Å². The van der Waals surface area contributed by atoms with E-state index in [1.54, 1.807) is 12.2 Å². The molecule has 2 atom stereocenters. The summed E-state index contributed by atoms with van der Waals surface area (Å²) in [4.78, 5) is 24.1. The lowest BCUT2D eigenvalue weighted by Gasteiger charge is -2.16. The Morgan fingerprint density at radius 2 is 1.23 bits per heavy atom. The summed E-state index contributed by atoms with van der Waals surface area (Å²) in [6.45, 7) is 6.02.